The van der Waals surface area contributed by atoms with Gasteiger partial charge in [0.1, 0.15) is 5.82 Å². The molecule has 0 spiro atoms. The minimum Gasteiger partial charge on any atom is -0.347 e. The molecule has 2 N–H and O–H groups in total. The Labute approximate surface area is 87.9 Å². The normalized spacial score (nSPS) is 34.8. The number of rotatable bonds is 1. The van der Waals surface area contributed by atoms with Crippen LogP contribution in [0.1, 0.15) is 24.7 Å². The third kappa shape index (κ3) is 1.87. The molecule has 2 heterocycles. The molecule has 1 aromatic heterocycles. The summed E-state index contributed by atoms with van der Waals surface area (Å²) in [5.74, 6) is 2.06. The molecule has 72 valence electrons. The Kier molecular flexibility index (Phi) is 2.86. The van der Waals surface area contributed by atoms with E-state index in [-0.39, 0.29) is 0 Å². The predicted octanol–water partition coefficient (Wildman–Crippen LogP) is 1.59. The molecule has 0 amide bonds. The molecule has 1 saturated carbocycles. The Morgan fingerprint density at radius 2 is 2.23 bits per heavy atom. The molecule has 5 heteroatoms. The fourth-order valence-electron chi connectivity index (χ4n) is 2.00. The van der Waals surface area contributed by atoms with Crippen molar-refractivity contribution >= 4 is 23.3 Å². The van der Waals surface area contributed by atoms with Crippen LogP contribution in [0.5, 0.6) is 0 Å². The van der Waals surface area contributed by atoms with E-state index in [1.165, 1.54) is 12.8 Å². The van der Waals surface area contributed by atoms with E-state index in [0.717, 1.165) is 17.8 Å². The van der Waals surface area contributed by atoms with Crippen LogP contribution in [0.2, 0.25) is 0 Å². The molecule has 0 aromatic carbocycles. The standard InChI is InChI=1S/C8H11N3.H2S2/c1-2-10-8(9-1)7-4-5-3-6(5)11-7;1-2/h1-2,5-7,11H,3-4H2,(H,9,10);1-2H. The highest BCUT2D eigenvalue weighted by Gasteiger charge is 2.46. The van der Waals surface area contributed by atoms with Gasteiger partial charge in [0.05, 0.1) is 6.04 Å². The first-order valence-corrected chi connectivity index (χ1v) is 5.99. The molecule has 0 bridgehead atoms. The third-order valence-corrected chi connectivity index (χ3v) is 2.73. The van der Waals surface area contributed by atoms with E-state index in [1.807, 2.05) is 12.4 Å². The average Bonchev–Trinajstić information content (AvgIpc) is 2.67. The maximum atomic E-state index is 4.24. The van der Waals surface area contributed by atoms with Crippen LogP contribution in [0.3, 0.4) is 0 Å². The number of nitrogens with one attached hydrogen (secondary N) is 2. The van der Waals surface area contributed by atoms with Gasteiger partial charge in [-0.15, -0.1) is 23.3 Å². The minimum atomic E-state index is 0.508. The van der Waals surface area contributed by atoms with Gasteiger partial charge in [-0.2, -0.15) is 0 Å². The number of aromatic amines is 1. The maximum absolute atomic E-state index is 4.24. The van der Waals surface area contributed by atoms with Crippen molar-refractivity contribution in [1.29, 1.82) is 0 Å². The number of hydrogen-bond acceptors (Lipinski definition) is 4. The van der Waals surface area contributed by atoms with Crippen LogP contribution in [0.25, 0.3) is 0 Å². The molecule has 1 aliphatic carbocycles. The number of imidazole rings is 1. The quantitative estimate of drug-likeness (QED) is 0.424. The van der Waals surface area contributed by atoms with Crippen LogP contribution in [0, 0.1) is 5.92 Å². The van der Waals surface area contributed by atoms with Gasteiger partial charge in [-0.25, -0.2) is 4.98 Å². The first-order chi connectivity index (χ1) is 6.43. The lowest BCUT2D eigenvalue weighted by Gasteiger charge is -2.08. The topological polar surface area (TPSA) is 40.7 Å². The highest BCUT2D eigenvalue weighted by molar-refractivity contribution is 8.59. The van der Waals surface area contributed by atoms with Crippen LogP contribution >= 0.6 is 23.3 Å². The van der Waals surface area contributed by atoms with Crippen molar-refractivity contribution < 1.29 is 0 Å². The maximum Gasteiger partial charge on any atom is 0.123 e. The number of H-pyrrole nitrogens is 1. The Morgan fingerprint density at radius 3 is 2.77 bits per heavy atom. The minimum absolute atomic E-state index is 0.508. The van der Waals surface area contributed by atoms with E-state index in [2.05, 4.69) is 38.6 Å². The molecular weight excluding hydrogens is 202 g/mol. The zero-order valence-corrected chi connectivity index (χ0v) is 8.93. The van der Waals surface area contributed by atoms with Crippen molar-refractivity contribution in [2.45, 2.75) is 24.9 Å². The highest BCUT2D eigenvalue weighted by Crippen LogP contribution is 2.45. The van der Waals surface area contributed by atoms with Gasteiger partial charge < -0.3 is 10.3 Å². The summed E-state index contributed by atoms with van der Waals surface area (Å²) >= 11 is 6.44. The zero-order chi connectivity index (χ0) is 9.26. The number of fused-ring (bicyclic) bond motifs is 1. The second-order valence-corrected chi connectivity index (χ2v) is 3.53. The van der Waals surface area contributed by atoms with Crippen LogP contribution in [0.4, 0.5) is 0 Å². The highest BCUT2D eigenvalue weighted by atomic mass is 33.1. The smallest absolute Gasteiger partial charge is 0.123 e. The molecule has 1 aliphatic heterocycles. The van der Waals surface area contributed by atoms with Gasteiger partial charge in [-0.1, -0.05) is 0 Å². The summed E-state index contributed by atoms with van der Waals surface area (Å²) in [6, 6.07) is 1.32. The molecule has 1 saturated heterocycles. The molecule has 3 nitrogen and oxygen atoms in total. The number of piperidine rings is 1. The lowest BCUT2D eigenvalue weighted by molar-refractivity contribution is 0.543. The molecule has 3 atom stereocenters. The summed E-state index contributed by atoms with van der Waals surface area (Å²) in [5.41, 5.74) is 0. The van der Waals surface area contributed by atoms with Crippen molar-refractivity contribution in [3.8, 4) is 0 Å². The van der Waals surface area contributed by atoms with Crippen molar-refractivity contribution in [2.24, 2.45) is 5.92 Å². The summed E-state index contributed by atoms with van der Waals surface area (Å²) in [5, 5.41) is 3.54. The van der Waals surface area contributed by atoms with Gasteiger partial charge in [0, 0.05) is 18.4 Å². The number of thiol groups is 2. The third-order valence-electron chi connectivity index (χ3n) is 2.73. The molecule has 1 aromatic rings. The van der Waals surface area contributed by atoms with Gasteiger partial charge in [0.25, 0.3) is 0 Å². The van der Waals surface area contributed by atoms with Crippen LogP contribution in [-0.4, -0.2) is 16.0 Å². The van der Waals surface area contributed by atoms with Crippen LogP contribution in [0.15, 0.2) is 12.4 Å². The Balaban J connectivity index is 0.000000308. The number of hydrogen-bond donors (Lipinski definition) is 4. The number of aromatic nitrogens is 2. The molecule has 3 unspecified atom stereocenters. The SMILES string of the molecule is SS.c1c[nH]c(C2CC3CC3N2)n1. The number of nitrogens with zero attached hydrogens (tertiary/aromatic N) is 1. The zero-order valence-electron chi connectivity index (χ0n) is 7.14. The van der Waals surface area contributed by atoms with E-state index in [4.69, 9.17) is 0 Å². The fourth-order valence-corrected chi connectivity index (χ4v) is 2.00. The van der Waals surface area contributed by atoms with Gasteiger partial charge in [0.15, 0.2) is 0 Å². The van der Waals surface area contributed by atoms with E-state index >= 15 is 0 Å². The average molecular weight is 215 g/mol. The van der Waals surface area contributed by atoms with E-state index in [0.29, 0.717) is 6.04 Å². The Bertz CT molecular complexity index is 252. The van der Waals surface area contributed by atoms with Crippen molar-refractivity contribution in [3.63, 3.8) is 0 Å². The molecule has 2 aliphatic rings. The van der Waals surface area contributed by atoms with Crippen molar-refractivity contribution in [3.05, 3.63) is 18.2 Å². The summed E-state index contributed by atoms with van der Waals surface area (Å²) < 4.78 is 0. The molecule has 3 rings (SSSR count). The second-order valence-electron chi connectivity index (χ2n) is 3.53. The van der Waals surface area contributed by atoms with E-state index in [1.54, 1.807) is 0 Å². The molecule has 2 fully saturated rings. The van der Waals surface area contributed by atoms with Gasteiger partial charge >= 0.3 is 0 Å². The largest absolute Gasteiger partial charge is 0.347 e. The first kappa shape index (κ1) is 9.43. The fraction of sp³-hybridized carbons (Fsp3) is 0.625. The van der Waals surface area contributed by atoms with Gasteiger partial charge in [0.2, 0.25) is 0 Å². The Hall–Kier alpha value is -0.130. The van der Waals surface area contributed by atoms with E-state index in [9.17, 15) is 0 Å². The van der Waals surface area contributed by atoms with Crippen molar-refractivity contribution in [1.82, 2.24) is 15.3 Å². The van der Waals surface area contributed by atoms with Gasteiger partial charge in [-0.05, 0) is 18.8 Å². The molecular formula is C8H13N3S2. The first-order valence-electron chi connectivity index (χ1n) is 4.39. The summed E-state index contributed by atoms with van der Waals surface area (Å²) in [6.45, 7) is 0. The lowest BCUT2D eigenvalue weighted by Crippen LogP contribution is -2.18. The summed E-state index contributed by atoms with van der Waals surface area (Å²) in [6.07, 6.45) is 6.37. The summed E-state index contributed by atoms with van der Waals surface area (Å²) in [4.78, 5) is 7.38. The Morgan fingerprint density at radius 1 is 1.38 bits per heavy atom. The van der Waals surface area contributed by atoms with Crippen molar-refractivity contribution in [2.75, 3.05) is 0 Å². The van der Waals surface area contributed by atoms with Crippen LogP contribution in [-0.2, 0) is 0 Å². The lowest BCUT2D eigenvalue weighted by atomic mass is 10.2. The van der Waals surface area contributed by atoms with Crippen LogP contribution < -0.4 is 5.32 Å². The second kappa shape index (κ2) is 3.94. The van der Waals surface area contributed by atoms with Gasteiger partial charge in [-0.3, -0.25) is 0 Å². The summed E-state index contributed by atoms with van der Waals surface area (Å²) in [7, 11) is 0. The predicted molar refractivity (Wildman–Crippen MR) is 58.9 cm³/mol. The monoisotopic (exact) mass is 215 g/mol. The molecule has 0 radical (unpaired) electrons. The molecule has 13 heavy (non-hydrogen) atoms. The van der Waals surface area contributed by atoms with E-state index < -0.39 is 0 Å².